The van der Waals surface area contributed by atoms with Crippen molar-refractivity contribution < 1.29 is 4.79 Å². The van der Waals surface area contributed by atoms with Gasteiger partial charge in [-0.3, -0.25) is 9.48 Å². The Morgan fingerprint density at radius 2 is 1.96 bits per heavy atom. The molecule has 0 unspecified atom stereocenters. The monoisotopic (exact) mass is 331 g/mol. The van der Waals surface area contributed by atoms with Gasteiger partial charge in [-0.05, 0) is 63.6 Å². The van der Waals surface area contributed by atoms with E-state index in [-0.39, 0.29) is 5.91 Å². The molecule has 6 nitrogen and oxygen atoms in total. The van der Waals surface area contributed by atoms with Gasteiger partial charge in [0.1, 0.15) is 5.54 Å². The van der Waals surface area contributed by atoms with Crippen LogP contribution in [0.15, 0.2) is 18.5 Å². The maximum absolute atomic E-state index is 13.1. The summed E-state index contributed by atoms with van der Waals surface area (Å²) >= 11 is 0. The topological polar surface area (TPSA) is 62.2 Å². The molecule has 2 saturated heterocycles. The standard InChI is InChI=1S/C18H29N5O/c24-17(18(6-9-19-10-7-18)23-11-1-8-20-23)21-16-4-12-22(13-5-16)14-15-2-3-15/h1,8,11,15-16,19H,2-7,9-10,12-14H2,(H,21,24). The molecule has 0 radical (unpaired) electrons. The van der Waals surface area contributed by atoms with Crippen molar-refractivity contribution in [2.75, 3.05) is 32.7 Å². The molecule has 2 aliphatic heterocycles. The summed E-state index contributed by atoms with van der Waals surface area (Å²) in [6, 6.07) is 2.23. The SMILES string of the molecule is O=C(NC1CCN(CC2CC2)CC1)C1(n2cccn2)CCNCC1. The number of likely N-dealkylation sites (tertiary alicyclic amines) is 1. The van der Waals surface area contributed by atoms with Crippen molar-refractivity contribution in [2.24, 2.45) is 5.92 Å². The van der Waals surface area contributed by atoms with Crippen LogP contribution in [0.4, 0.5) is 0 Å². The molecule has 3 heterocycles. The van der Waals surface area contributed by atoms with Crippen molar-refractivity contribution in [3.63, 3.8) is 0 Å². The highest BCUT2D eigenvalue weighted by molar-refractivity contribution is 5.84. The van der Waals surface area contributed by atoms with Crippen LogP contribution < -0.4 is 10.6 Å². The van der Waals surface area contributed by atoms with E-state index in [9.17, 15) is 4.79 Å². The third-order valence-electron chi connectivity index (χ3n) is 5.93. The van der Waals surface area contributed by atoms with Crippen LogP contribution in [-0.4, -0.2) is 59.4 Å². The van der Waals surface area contributed by atoms with Crippen LogP contribution in [0.25, 0.3) is 0 Å². The Bertz CT molecular complexity index is 540. The molecule has 24 heavy (non-hydrogen) atoms. The van der Waals surface area contributed by atoms with Crippen LogP contribution in [0.3, 0.4) is 0 Å². The first-order valence-corrected chi connectivity index (χ1v) is 9.50. The second-order valence-corrected chi connectivity index (χ2v) is 7.72. The third-order valence-corrected chi connectivity index (χ3v) is 5.93. The fourth-order valence-electron chi connectivity index (χ4n) is 4.17. The van der Waals surface area contributed by atoms with Gasteiger partial charge >= 0.3 is 0 Å². The molecule has 1 aromatic rings. The Balaban J connectivity index is 1.37. The zero-order valence-corrected chi connectivity index (χ0v) is 14.4. The largest absolute Gasteiger partial charge is 0.351 e. The summed E-state index contributed by atoms with van der Waals surface area (Å²) in [6.45, 7) is 5.25. The Hall–Kier alpha value is -1.40. The van der Waals surface area contributed by atoms with Crippen LogP contribution in [-0.2, 0) is 10.3 Å². The Labute approximate surface area is 144 Å². The Morgan fingerprint density at radius 1 is 1.21 bits per heavy atom. The third kappa shape index (κ3) is 3.35. The zero-order valence-electron chi connectivity index (χ0n) is 14.4. The summed E-state index contributed by atoms with van der Waals surface area (Å²) < 4.78 is 1.88. The number of hydrogen-bond donors (Lipinski definition) is 2. The number of rotatable bonds is 5. The molecule has 0 atom stereocenters. The van der Waals surface area contributed by atoms with E-state index in [0.29, 0.717) is 6.04 Å². The highest BCUT2D eigenvalue weighted by atomic mass is 16.2. The van der Waals surface area contributed by atoms with E-state index in [0.717, 1.165) is 57.8 Å². The molecule has 3 fully saturated rings. The highest BCUT2D eigenvalue weighted by Gasteiger charge is 2.42. The molecule has 6 heteroatoms. The van der Waals surface area contributed by atoms with E-state index in [1.165, 1.54) is 19.4 Å². The molecule has 1 amide bonds. The molecule has 132 valence electrons. The summed E-state index contributed by atoms with van der Waals surface area (Å²) in [4.78, 5) is 15.7. The number of carbonyl (C=O) groups excluding carboxylic acids is 1. The first-order chi connectivity index (χ1) is 11.8. The van der Waals surface area contributed by atoms with Crippen LogP contribution in [0, 0.1) is 5.92 Å². The van der Waals surface area contributed by atoms with Gasteiger partial charge in [0.2, 0.25) is 5.91 Å². The fourth-order valence-corrected chi connectivity index (χ4v) is 4.17. The smallest absolute Gasteiger partial charge is 0.248 e. The van der Waals surface area contributed by atoms with Crippen molar-refractivity contribution in [2.45, 2.75) is 50.1 Å². The van der Waals surface area contributed by atoms with Gasteiger partial charge in [0.05, 0.1) is 0 Å². The van der Waals surface area contributed by atoms with Crippen LogP contribution >= 0.6 is 0 Å². The van der Waals surface area contributed by atoms with Crippen molar-refractivity contribution in [1.29, 1.82) is 0 Å². The molecule has 2 N–H and O–H groups in total. The minimum atomic E-state index is -0.514. The minimum Gasteiger partial charge on any atom is -0.351 e. The summed E-state index contributed by atoms with van der Waals surface area (Å²) in [7, 11) is 0. The van der Waals surface area contributed by atoms with Gasteiger partial charge in [-0.1, -0.05) is 0 Å². The number of nitrogens with one attached hydrogen (secondary N) is 2. The van der Waals surface area contributed by atoms with Gasteiger partial charge in [-0.25, -0.2) is 0 Å². The minimum absolute atomic E-state index is 0.161. The predicted octanol–water partition coefficient (Wildman–Crippen LogP) is 0.952. The number of piperidine rings is 2. The normalized spacial score (nSPS) is 25.5. The van der Waals surface area contributed by atoms with Gasteiger partial charge in [0.15, 0.2) is 0 Å². The zero-order chi connectivity index (χ0) is 16.4. The number of carbonyl (C=O) groups is 1. The van der Waals surface area contributed by atoms with E-state index < -0.39 is 5.54 Å². The molecule has 3 aliphatic rings. The first-order valence-electron chi connectivity index (χ1n) is 9.50. The fraction of sp³-hybridized carbons (Fsp3) is 0.778. The molecule has 0 aromatic carbocycles. The van der Waals surface area contributed by atoms with E-state index in [2.05, 4.69) is 20.6 Å². The number of aromatic nitrogens is 2. The van der Waals surface area contributed by atoms with Gasteiger partial charge in [-0.15, -0.1) is 0 Å². The predicted molar refractivity (Wildman–Crippen MR) is 92.6 cm³/mol. The molecular weight excluding hydrogens is 302 g/mol. The van der Waals surface area contributed by atoms with Crippen LogP contribution in [0.2, 0.25) is 0 Å². The summed E-state index contributed by atoms with van der Waals surface area (Å²) in [6.07, 6.45) is 10.3. The van der Waals surface area contributed by atoms with Gasteiger partial charge in [-0.2, -0.15) is 5.10 Å². The lowest BCUT2D eigenvalue weighted by Gasteiger charge is -2.39. The number of nitrogens with zero attached hydrogens (tertiary/aromatic N) is 3. The number of amides is 1. The Morgan fingerprint density at radius 3 is 2.58 bits per heavy atom. The molecule has 1 aromatic heterocycles. The van der Waals surface area contributed by atoms with E-state index >= 15 is 0 Å². The second-order valence-electron chi connectivity index (χ2n) is 7.72. The van der Waals surface area contributed by atoms with Crippen molar-refractivity contribution >= 4 is 5.91 Å². The van der Waals surface area contributed by atoms with E-state index in [1.54, 1.807) is 6.20 Å². The van der Waals surface area contributed by atoms with Crippen molar-refractivity contribution in [3.8, 4) is 0 Å². The number of hydrogen-bond acceptors (Lipinski definition) is 4. The van der Waals surface area contributed by atoms with Crippen molar-refractivity contribution in [1.82, 2.24) is 25.3 Å². The lowest BCUT2D eigenvalue weighted by Crippen LogP contribution is -2.57. The van der Waals surface area contributed by atoms with Gasteiger partial charge < -0.3 is 15.5 Å². The second kappa shape index (κ2) is 6.84. The van der Waals surface area contributed by atoms with Crippen molar-refractivity contribution in [3.05, 3.63) is 18.5 Å². The highest BCUT2D eigenvalue weighted by Crippen LogP contribution is 2.31. The molecule has 0 spiro atoms. The lowest BCUT2D eigenvalue weighted by atomic mass is 9.86. The molecule has 4 rings (SSSR count). The first kappa shape index (κ1) is 16.1. The van der Waals surface area contributed by atoms with E-state index in [4.69, 9.17) is 0 Å². The maximum atomic E-state index is 13.1. The maximum Gasteiger partial charge on any atom is 0.248 e. The molecule has 1 saturated carbocycles. The molecule has 1 aliphatic carbocycles. The van der Waals surface area contributed by atoms with Crippen LogP contribution in [0.1, 0.15) is 38.5 Å². The Kier molecular flexibility index (Phi) is 4.59. The van der Waals surface area contributed by atoms with Crippen LogP contribution in [0.5, 0.6) is 0 Å². The quantitative estimate of drug-likeness (QED) is 0.843. The average molecular weight is 331 g/mol. The summed E-state index contributed by atoms with van der Waals surface area (Å²) in [5, 5.41) is 11.1. The van der Waals surface area contributed by atoms with E-state index in [1.807, 2.05) is 16.9 Å². The molecular formula is C18H29N5O. The van der Waals surface area contributed by atoms with Gasteiger partial charge in [0, 0.05) is 38.1 Å². The van der Waals surface area contributed by atoms with Gasteiger partial charge in [0.25, 0.3) is 0 Å². The average Bonchev–Trinajstić information content (AvgIpc) is 3.25. The summed E-state index contributed by atoms with van der Waals surface area (Å²) in [5.41, 5.74) is -0.514. The lowest BCUT2D eigenvalue weighted by molar-refractivity contribution is -0.133. The molecule has 0 bridgehead atoms. The summed E-state index contributed by atoms with van der Waals surface area (Å²) in [5.74, 6) is 1.11.